The predicted molar refractivity (Wildman–Crippen MR) is 106 cm³/mol. The first-order valence-electron chi connectivity index (χ1n) is 9.54. The summed E-state index contributed by atoms with van der Waals surface area (Å²) < 4.78 is 0. The minimum atomic E-state index is 0.723. The van der Waals surface area contributed by atoms with Crippen LogP contribution in [0.25, 0.3) is 0 Å². The number of allylic oxidation sites excluding steroid dienone is 5. The van der Waals surface area contributed by atoms with Crippen molar-refractivity contribution in [2.24, 2.45) is 16.8 Å². The Morgan fingerprint density at radius 3 is 2.83 bits per heavy atom. The largest absolute Gasteiger partial charge is 0.356 e. The second-order valence-corrected chi connectivity index (χ2v) is 7.49. The Kier molecular flexibility index (Phi) is 7.08. The summed E-state index contributed by atoms with van der Waals surface area (Å²) in [5.41, 5.74) is 3.77. The topological polar surface area (TPSA) is 15.6 Å². The van der Waals surface area contributed by atoms with Gasteiger partial charge in [-0.3, -0.25) is 0 Å². The highest BCUT2D eigenvalue weighted by molar-refractivity contribution is 5.99. The van der Waals surface area contributed by atoms with Gasteiger partial charge in [-0.1, -0.05) is 51.2 Å². The molecule has 2 nitrogen and oxygen atoms in total. The van der Waals surface area contributed by atoms with Crippen molar-refractivity contribution in [3.63, 3.8) is 0 Å². The maximum atomic E-state index is 5.08. The van der Waals surface area contributed by atoms with Gasteiger partial charge in [0.1, 0.15) is 5.84 Å². The fourth-order valence-corrected chi connectivity index (χ4v) is 3.30. The number of nitrogens with zero attached hydrogens (tertiary/aromatic N) is 2. The van der Waals surface area contributed by atoms with Gasteiger partial charge in [-0.05, 0) is 56.1 Å². The molecule has 2 rings (SSSR count). The van der Waals surface area contributed by atoms with Crippen LogP contribution in [0.1, 0.15) is 59.8 Å². The van der Waals surface area contributed by atoms with Crippen molar-refractivity contribution in [1.82, 2.24) is 4.90 Å². The molecular weight excluding hydrogens is 292 g/mol. The molecule has 1 heterocycles. The Morgan fingerprint density at radius 1 is 1.46 bits per heavy atom. The fraction of sp³-hybridized carbons (Fsp3) is 0.591. The number of amidine groups is 1. The van der Waals surface area contributed by atoms with Crippen LogP contribution in [0.5, 0.6) is 0 Å². The minimum Gasteiger partial charge on any atom is -0.356 e. The maximum Gasteiger partial charge on any atom is 0.131 e. The lowest BCUT2D eigenvalue weighted by molar-refractivity contribution is 0.327. The lowest BCUT2D eigenvalue weighted by Crippen LogP contribution is -2.38. The second-order valence-electron chi connectivity index (χ2n) is 7.49. The first-order valence-corrected chi connectivity index (χ1v) is 9.54. The third kappa shape index (κ3) is 5.51. The third-order valence-electron chi connectivity index (χ3n) is 4.92. The minimum absolute atomic E-state index is 0.723. The Balaban J connectivity index is 2.23. The Labute approximate surface area is 148 Å². The third-order valence-corrected chi connectivity index (χ3v) is 4.92. The van der Waals surface area contributed by atoms with Crippen LogP contribution in [-0.4, -0.2) is 23.8 Å². The van der Waals surface area contributed by atoms with Crippen molar-refractivity contribution < 1.29 is 0 Å². The first kappa shape index (κ1) is 18.8. The molecule has 0 aromatic rings. The van der Waals surface area contributed by atoms with Gasteiger partial charge in [-0.15, -0.1) is 0 Å². The summed E-state index contributed by atoms with van der Waals surface area (Å²) in [4.78, 5) is 7.64. The van der Waals surface area contributed by atoms with E-state index >= 15 is 0 Å². The van der Waals surface area contributed by atoms with E-state index in [-0.39, 0.29) is 0 Å². The zero-order chi connectivity index (χ0) is 17.5. The standard InChI is InChI=1S/C22H34N2/c1-6-8-10-18(4)21-14-11-19(5)22(23-21)24(16-20-12-13-20)15-17(3)9-7-2/h6,8,10-11,17,20H,1,7,9,12-16H2,2-5H3/b10-8-,21-18+. The summed E-state index contributed by atoms with van der Waals surface area (Å²) in [5, 5.41) is 0. The Bertz CT molecular complexity index is 559. The average molecular weight is 327 g/mol. The highest BCUT2D eigenvalue weighted by Crippen LogP contribution is 2.32. The van der Waals surface area contributed by atoms with E-state index in [0.717, 1.165) is 24.8 Å². The van der Waals surface area contributed by atoms with Gasteiger partial charge in [-0.2, -0.15) is 0 Å². The molecular formula is C22H34N2. The normalized spacial score (nSPS) is 21.3. The number of dihydropyridines is 1. The smallest absolute Gasteiger partial charge is 0.131 e. The van der Waals surface area contributed by atoms with Gasteiger partial charge in [0.25, 0.3) is 0 Å². The summed E-state index contributed by atoms with van der Waals surface area (Å²) in [6.07, 6.45) is 14.5. The van der Waals surface area contributed by atoms with Crippen molar-refractivity contribution in [2.75, 3.05) is 13.1 Å². The molecule has 1 atom stereocenters. The quantitative estimate of drug-likeness (QED) is 0.507. The summed E-state index contributed by atoms with van der Waals surface area (Å²) in [5.74, 6) is 2.81. The van der Waals surface area contributed by atoms with Gasteiger partial charge in [0.15, 0.2) is 0 Å². The molecule has 0 spiro atoms. The molecule has 0 saturated heterocycles. The van der Waals surface area contributed by atoms with Crippen LogP contribution in [0.2, 0.25) is 0 Å². The highest BCUT2D eigenvalue weighted by atomic mass is 15.2. The van der Waals surface area contributed by atoms with Gasteiger partial charge in [0.2, 0.25) is 0 Å². The van der Waals surface area contributed by atoms with Crippen molar-refractivity contribution in [3.8, 4) is 0 Å². The fourth-order valence-electron chi connectivity index (χ4n) is 3.30. The zero-order valence-corrected chi connectivity index (χ0v) is 16.0. The molecule has 0 aromatic heterocycles. The average Bonchev–Trinajstić information content (AvgIpc) is 3.36. The molecule has 1 aliphatic heterocycles. The summed E-state index contributed by atoms with van der Waals surface area (Å²) in [7, 11) is 0. The molecule has 2 aliphatic rings. The van der Waals surface area contributed by atoms with E-state index < -0.39 is 0 Å². The van der Waals surface area contributed by atoms with Gasteiger partial charge in [0.05, 0.1) is 0 Å². The van der Waals surface area contributed by atoms with Crippen LogP contribution in [0.15, 0.2) is 52.7 Å². The van der Waals surface area contributed by atoms with Crippen LogP contribution in [0.3, 0.4) is 0 Å². The molecule has 0 bridgehead atoms. The van der Waals surface area contributed by atoms with E-state index in [0.29, 0.717) is 0 Å². The predicted octanol–water partition coefficient (Wildman–Crippen LogP) is 5.90. The molecule has 0 radical (unpaired) electrons. The van der Waals surface area contributed by atoms with Crippen molar-refractivity contribution in [2.45, 2.75) is 59.8 Å². The number of aliphatic imine (C=N–C) groups is 1. The summed E-state index contributed by atoms with van der Waals surface area (Å²) in [6, 6.07) is 0. The molecule has 1 unspecified atom stereocenters. The van der Waals surface area contributed by atoms with Crippen LogP contribution < -0.4 is 0 Å². The molecule has 1 aliphatic carbocycles. The number of hydrogen-bond acceptors (Lipinski definition) is 2. The molecule has 0 amide bonds. The Morgan fingerprint density at radius 2 is 2.21 bits per heavy atom. The van der Waals surface area contributed by atoms with Gasteiger partial charge in [-0.25, -0.2) is 4.99 Å². The summed E-state index contributed by atoms with van der Waals surface area (Å²) in [6.45, 7) is 15.1. The molecule has 132 valence electrons. The van der Waals surface area contributed by atoms with Gasteiger partial charge in [0, 0.05) is 25.2 Å². The summed E-state index contributed by atoms with van der Waals surface area (Å²) >= 11 is 0. The van der Waals surface area contributed by atoms with E-state index in [1.165, 1.54) is 54.9 Å². The van der Waals surface area contributed by atoms with Crippen LogP contribution in [0, 0.1) is 11.8 Å². The van der Waals surface area contributed by atoms with Gasteiger partial charge >= 0.3 is 0 Å². The van der Waals surface area contributed by atoms with Crippen molar-refractivity contribution in [1.29, 1.82) is 0 Å². The van der Waals surface area contributed by atoms with E-state index in [9.17, 15) is 0 Å². The number of rotatable bonds is 8. The van der Waals surface area contributed by atoms with Crippen molar-refractivity contribution in [3.05, 3.63) is 47.7 Å². The van der Waals surface area contributed by atoms with Crippen LogP contribution >= 0.6 is 0 Å². The molecule has 2 heteroatoms. The van der Waals surface area contributed by atoms with E-state index in [1.54, 1.807) is 0 Å². The molecule has 0 N–H and O–H groups in total. The van der Waals surface area contributed by atoms with E-state index in [1.807, 2.05) is 12.2 Å². The molecule has 1 fully saturated rings. The number of hydrogen-bond donors (Lipinski definition) is 0. The zero-order valence-electron chi connectivity index (χ0n) is 16.0. The van der Waals surface area contributed by atoms with Crippen LogP contribution in [-0.2, 0) is 0 Å². The van der Waals surface area contributed by atoms with Crippen molar-refractivity contribution >= 4 is 5.84 Å². The van der Waals surface area contributed by atoms with E-state index in [2.05, 4.69) is 51.3 Å². The molecule has 0 aromatic carbocycles. The van der Waals surface area contributed by atoms with Crippen LogP contribution in [0.4, 0.5) is 0 Å². The maximum absolute atomic E-state index is 5.08. The second kappa shape index (κ2) is 9.05. The lowest BCUT2D eigenvalue weighted by Gasteiger charge is -2.31. The first-order chi connectivity index (χ1) is 11.5. The van der Waals surface area contributed by atoms with Gasteiger partial charge < -0.3 is 4.90 Å². The highest BCUT2D eigenvalue weighted by Gasteiger charge is 2.28. The Hall–Kier alpha value is -1.57. The monoisotopic (exact) mass is 326 g/mol. The molecule has 1 saturated carbocycles. The SMILES string of the molecule is C=C/C=C\C(C)=C1/CC=C(C)C(N(CC(C)CCC)CC2CC2)=N1. The lowest BCUT2D eigenvalue weighted by atomic mass is 10.0. The van der Waals surface area contributed by atoms with E-state index in [4.69, 9.17) is 4.99 Å². The molecule has 24 heavy (non-hydrogen) atoms.